The summed E-state index contributed by atoms with van der Waals surface area (Å²) < 4.78 is 0. The van der Waals surface area contributed by atoms with Crippen LogP contribution in [0.3, 0.4) is 0 Å². The number of ketones is 1. The lowest BCUT2D eigenvalue weighted by Gasteiger charge is -2.05. The highest BCUT2D eigenvalue weighted by molar-refractivity contribution is 7.16. The molecular weight excluding hydrogens is 332 g/mol. The molecular formula is C21H12OS2. The van der Waals surface area contributed by atoms with Crippen LogP contribution in [0.15, 0.2) is 71.4 Å². The predicted octanol–water partition coefficient (Wildman–Crippen LogP) is 6.36. The first-order chi connectivity index (χ1) is 11.8. The van der Waals surface area contributed by atoms with Gasteiger partial charge in [0.2, 0.25) is 0 Å². The van der Waals surface area contributed by atoms with Crippen LogP contribution in [0.5, 0.6) is 0 Å². The van der Waals surface area contributed by atoms with Crippen LogP contribution in [0.1, 0.15) is 15.9 Å². The van der Waals surface area contributed by atoms with E-state index < -0.39 is 0 Å². The van der Waals surface area contributed by atoms with Gasteiger partial charge < -0.3 is 0 Å². The van der Waals surface area contributed by atoms with Crippen LogP contribution in [0, 0.1) is 0 Å². The number of hydrogen-bond donors (Lipinski definition) is 0. The van der Waals surface area contributed by atoms with E-state index in [9.17, 15) is 4.79 Å². The molecule has 24 heavy (non-hydrogen) atoms. The second-order valence-electron chi connectivity index (χ2n) is 5.77. The zero-order valence-corrected chi connectivity index (χ0v) is 14.3. The molecule has 2 aromatic carbocycles. The smallest absolute Gasteiger partial charge is 0.195 e. The molecule has 0 radical (unpaired) electrons. The highest BCUT2D eigenvalue weighted by atomic mass is 32.1. The molecule has 0 amide bonds. The van der Waals surface area contributed by atoms with Crippen molar-refractivity contribution in [2.75, 3.05) is 0 Å². The largest absolute Gasteiger partial charge is 0.289 e. The van der Waals surface area contributed by atoms with Crippen LogP contribution in [-0.4, -0.2) is 5.78 Å². The van der Waals surface area contributed by atoms with Crippen molar-refractivity contribution >= 4 is 28.5 Å². The molecule has 0 saturated heterocycles. The van der Waals surface area contributed by atoms with Crippen molar-refractivity contribution < 1.29 is 4.79 Å². The molecule has 0 spiro atoms. The van der Waals surface area contributed by atoms with E-state index in [1.807, 2.05) is 47.2 Å². The van der Waals surface area contributed by atoms with Gasteiger partial charge in [-0.1, -0.05) is 60.7 Å². The van der Waals surface area contributed by atoms with Gasteiger partial charge in [0.05, 0.1) is 0 Å². The van der Waals surface area contributed by atoms with Crippen LogP contribution in [-0.2, 0) is 0 Å². The fraction of sp³-hybridized carbons (Fsp3) is 0. The van der Waals surface area contributed by atoms with E-state index in [-0.39, 0.29) is 5.78 Å². The SMILES string of the molecule is O=C1c2csc(-c3ccccc3)c2-c2c1csc2-c1ccccc1. The first-order valence-electron chi connectivity index (χ1n) is 7.73. The minimum Gasteiger partial charge on any atom is -0.289 e. The lowest BCUT2D eigenvalue weighted by atomic mass is 10.0. The summed E-state index contributed by atoms with van der Waals surface area (Å²) >= 11 is 3.33. The van der Waals surface area contributed by atoms with E-state index in [1.165, 1.54) is 20.9 Å². The zero-order chi connectivity index (χ0) is 16.1. The average molecular weight is 344 g/mol. The van der Waals surface area contributed by atoms with E-state index >= 15 is 0 Å². The molecule has 1 aliphatic rings. The van der Waals surface area contributed by atoms with E-state index in [1.54, 1.807) is 22.7 Å². The third kappa shape index (κ3) is 1.89. The molecule has 4 aromatic rings. The maximum Gasteiger partial charge on any atom is 0.195 e. The van der Waals surface area contributed by atoms with Gasteiger partial charge in [-0.2, -0.15) is 0 Å². The topological polar surface area (TPSA) is 17.1 Å². The first kappa shape index (κ1) is 13.9. The summed E-state index contributed by atoms with van der Waals surface area (Å²) in [6.45, 7) is 0. The van der Waals surface area contributed by atoms with Crippen molar-refractivity contribution in [3.63, 3.8) is 0 Å². The fourth-order valence-corrected chi connectivity index (χ4v) is 5.42. The molecule has 1 aliphatic carbocycles. The Morgan fingerprint density at radius 2 is 1.00 bits per heavy atom. The maximum atomic E-state index is 12.8. The number of thiophene rings is 2. The Bertz CT molecular complexity index is 970. The molecule has 2 aromatic heterocycles. The second kappa shape index (κ2) is 5.26. The molecule has 5 rings (SSSR count). The summed E-state index contributed by atoms with van der Waals surface area (Å²) in [5.41, 5.74) is 6.30. The molecule has 0 bridgehead atoms. The van der Waals surface area contributed by atoms with Crippen LogP contribution in [0.25, 0.3) is 32.0 Å². The lowest BCUT2D eigenvalue weighted by Crippen LogP contribution is -1.90. The second-order valence-corrected chi connectivity index (χ2v) is 7.53. The quantitative estimate of drug-likeness (QED) is 0.364. The van der Waals surface area contributed by atoms with Gasteiger partial charge in [0.1, 0.15) is 0 Å². The van der Waals surface area contributed by atoms with E-state index in [0.717, 1.165) is 22.3 Å². The van der Waals surface area contributed by atoms with Gasteiger partial charge in [0, 0.05) is 42.8 Å². The standard InChI is InChI=1S/C21H12OS2/c22-19-15-11-23-20(13-7-3-1-4-8-13)17(15)18-16(19)12-24-21(18)14-9-5-2-6-10-14/h1-12H. The summed E-state index contributed by atoms with van der Waals surface area (Å²) in [5, 5.41) is 4.03. The monoisotopic (exact) mass is 344 g/mol. The maximum absolute atomic E-state index is 12.8. The van der Waals surface area contributed by atoms with Crippen LogP contribution < -0.4 is 0 Å². The van der Waals surface area contributed by atoms with Crippen molar-refractivity contribution in [1.82, 2.24) is 0 Å². The molecule has 2 heterocycles. The first-order valence-corrected chi connectivity index (χ1v) is 9.49. The Hall–Kier alpha value is -2.49. The Balaban J connectivity index is 1.79. The minimum absolute atomic E-state index is 0.164. The minimum atomic E-state index is 0.164. The van der Waals surface area contributed by atoms with Gasteiger partial charge in [0.15, 0.2) is 5.78 Å². The van der Waals surface area contributed by atoms with Gasteiger partial charge in [-0.15, -0.1) is 22.7 Å². The van der Waals surface area contributed by atoms with E-state index in [0.29, 0.717) is 0 Å². The molecule has 0 unspecified atom stereocenters. The van der Waals surface area contributed by atoms with Crippen molar-refractivity contribution in [3.8, 4) is 32.0 Å². The zero-order valence-electron chi connectivity index (χ0n) is 12.7. The summed E-state index contributed by atoms with van der Waals surface area (Å²) in [5.74, 6) is 0.164. The highest BCUT2D eigenvalue weighted by Crippen LogP contribution is 2.52. The van der Waals surface area contributed by atoms with Crippen molar-refractivity contribution in [2.24, 2.45) is 0 Å². The molecule has 0 saturated carbocycles. The summed E-state index contributed by atoms with van der Waals surface area (Å²) in [4.78, 5) is 15.2. The third-order valence-electron chi connectivity index (χ3n) is 4.39. The van der Waals surface area contributed by atoms with E-state index in [2.05, 4.69) is 24.3 Å². The van der Waals surface area contributed by atoms with Gasteiger partial charge in [0.25, 0.3) is 0 Å². The Morgan fingerprint density at radius 3 is 1.42 bits per heavy atom. The molecule has 0 fully saturated rings. The van der Waals surface area contributed by atoms with Crippen LogP contribution >= 0.6 is 22.7 Å². The van der Waals surface area contributed by atoms with Crippen molar-refractivity contribution in [1.29, 1.82) is 0 Å². The van der Waals surface area contributed by atoms with E-state index in [4.69, 9.17) is 0 Å². The van der Waals surface area contributed by atoms with Gasteiger partial charge in [-0.05, 0) is 11.1 Å². The number of fused-ring (bicyclic) bond motifs is 3. The summed E-state index contributed by atoms with van der Waals surface area (Å²) in [7, 11) is 0. The van der Waals surface area contributed by atoms with Gasteiger partial charge in [-0.25, -0.2) is 0 Å². The molecule has 0 atom stereocenters. The normalized spacial score (nSPS) is 12.2. The van der Waals surface area contributed by atoms with Crippen molar-refractivity contribution in [3.05, 3.63) is 82.6 Å². The fourth-order valence-electron chi connectivity index (χ4n) is 3.30. The Morgan fingerprint density at radius 1 is 0.583 bits per heavy atom. The van der Waals surface area contributed by atoms with Gasteiger partial charge >= 0.3 is 0 Å². The summed E-state index contributed by atoms with van der Waals surface area (Å²) in [6, 6.07) is 20.7. The van der Waals surface area contributed by atoms with Crippen LogP contribution in [0.4, 0.5) is 0 Å². The summed E-state index contributed by atoms with van der Waals surface area (Å²) in [6.07, 6.45) is 0. The molecule has 0 N–H and O–H groups in total. The molecule has 3 heteroatoms. The number of rotatable bonds is 2. The van der Waals surface area contributed by atoms with Crippen LogP contribution in [0.2, 0.25) is 0 Å². The Kier molecular flexibility index (Phi) is 3.05. The number of hydrogen-bond acceptors (Lipinski definition) is 3. The highest BCUT2D eigenvalue weighted by Gasteiger charge is 2.34. The number of carbonyl (C=O) groups is 1. The van der Waals surface area contributed by atoms with Crippen molar-refractivity contribution in [2.45, 2.75) is 0 Å². The third-order valence-corrected chi connectivity index (χ3v) is 6.45. The number of carbonyl (C=O) groups excluding carboxylic acids is 1. The molecule has 0 aliphatic heterocycles. The Labute approximate surface area is 147 Å². The predicted molar refractivity (Wildman–Crippen MR) is 102 cm³/mol. The number of benzene rings is 2. The lowest BCUT2D eigenvalue weighted by molar-refractivity contribution is 0.104. The molecule has 114 valence electrons. The van der Waals surface area contributed by atoms with Gasteiger partial charge in [-0.3, -0.25) is 4.79 Å². The average Bonchev–Trinajstić information content (AvgIpc) is 3.31. The molecule has 1 nitrogen and oxygen atoms in total.